The smallest absolute Gasteiger partial charge is 0.245 e. The second kappa shape index (κ2) is 5.88. The van der Waals surface area contributed by atoms with Crippen molar-refractivity contribution in [3.05, 3.63) is 0 Å². The Hall–Kier alpha value is -1.14. The van der Waals surface area contributed by atoms with E-state index in [-0.39, 0.29) is 17.2 Å². The summed E-state index contributed by atoms with van der Waals surface area (Å²) in [6.45, 7) is 7.25. The fourth-order valence-electron chi connectivity index (χ4n) is 2.70. The molecule has 0 aromatic heterocycles. The van der Waals surface area contributed by atoms with Crippen LogP contribution in [0.15, 0.2) is 0 Å². The molecule has 0 saturated carbocycles. The maximum atomic E-state index is 12.7. The topological polar surface area (TPSA) is 70.7 Å². The summed E-state index contributed by atoms with van der Waals surface area (Å²) < 4.78 is 5.36. The number of morpholine rings is 1. The highest BCUT2D eigenvalue weighted by Crippen LogP contribution is 2.28. The number of rotatable bonds is 3. The van der Waals surface area contributed by atoms with Gasteiger partial charge in [0.15, 0.2) is 0 Å². The quantitative estimate of drug-likeness (QED) is 0.714. The molecule has 2 amide bonds. The predicted molar refractivity (Wildman–Crippen MR) is 70.6 cm³/mol. The van der Waals surface area contributed by atoms with Crippen LogP contribution >= 0.6 is 0 Å². The zero-order valence-electron chi connectivity index (χ0n) is 11.7. The molecule has 0 aromatic carbocycles. The number of hydrogen-bond acceptors (Lipinski definition) is 4. The molecule has 0 aliphatic carbocycles. The van der Waals surface area contributed by atoms with E-state index in [9.17, 15) is 9.59 Å². The second-order valence-corrected chi connectivity index (χ2v) is 5.47. The Bertz CT molecular complexity index is 353. The Morgan fingerprint density at radius 1 is 1.53 bits per heavy atom. The van der Waals surface area contributed by atoms with Crippen LogP contribution in [0.5, 0.6) is 0 Å². The van der Waals surface area contributed by atoms with Crippen LogP contribution in [0.1, 0.15) is 20.3 Å². The molecule has 6 heteroatoms. The average Bonchev–Trinajstić information content (AvgIpc) is 2.86. The minimum atomic E-state index is -0.487. The van der Waals surface area contributed by atoms with Crippen molar-refractivity contribution in [2.24, 2.45) is 5.41 Å². The Kier molecular flexibility index (Phi) is 4.42. The summed E-state index contributed by atoms with van der Waals surface area (Å²) in [5.41, 5.74) is -0.387. The third kappa shape index (κ3) is 2.90. The molecule has 2 N–H and O–H groups in total. The van der Waals surface area contributed by atoms with Crippen molar-refractivity contribution < 1.29 is 14.3 Å². The number of nitrogens with zero attached hydrogens (tertiary/aromatic N) is 1. The molecule has 0 radical (unpaired) electrons. The van der Waals surface area contributed by atoms with E-state index in [1.807, 2.05) is 13.8 Å². The number of carbonyl (C=O) groups is 2. The van der Waals surface area contributed by atoms with Gasteiger partial charge in [0.05, 0.1) is 18.6 Å². The molecule has 2 rings (SSSR count). The molecule has 2 unspecified atom stereocenters. The minimum Gasteiger partial charge on any atom is -0.377 e. The predicted octanol–water partition coefficient (Wildman–Crippen LogP) is -0.650. The van der Waals surface area contributed by atoms with Gasteiger partial charge in [-0.1, -0.05) is 0 Å². The van der Waals surface area contributed by atoms with Gasteiger partial charge in [-0.2, -0.15) is 0 Å². The highest BCUT2D eigenvalue weighted by atomic mass is 16.5. The van der Waals surface area contributed by atoms with Gasteiger partial charge >= 0.3 is 0 Å². The van der Waals surface area contributed by atoms with Crippen LogP contribution in [-0.2, 0) is 14.3 Å². The standard InChI is InChI=1S/C13H23N3O3/c1-3-15-11(17)10-8-19-7-6-16(10)12(18)13(2)4-5-14-9-13/h10,14H,3-9H2,1-2H3,(H,15,17). The lowest BCUT2D eigenvalue weighted by Crippen LogP contribution is -2.59. The van der Waals surface area contributed by atoms with E-state index < -0.39 is 6.04 Å². The Balaban J connectivity index is 2.10. The Labute approximate surface area is 113 Å². The monoisotopic (exact) mass is 269 g/mol. The largest absolute Gasteiger partial charge is 0.377 e. The van der Waals surface area contributed by atoms with Gasteiger partial charge in [-0.05, 0) is 26.8 Å². The van der Waals surface area contributed by atoms with Crippen LogP contribution in [0.4, 0.5) is 0 Å². The van der Waals surface area contributed by atoms with Crippen LogP contribution in [-0.4, -0.2) is 62.1 Å². The number of amides is 2. The average molecular weight is 269 g/mol. The van der Waals surface area contributed by atoms with Crippen molar-refractivity contribution >= 4 is 11.8 Å². The van der Waals surface area contributed by atoms with Crippen molar-refractivity contribution in [3.63, 3.8) is 0 Å². The molecular weight excluding hydrogens is 246 g/mol. The Morgan fingerprint density at radius 2 is 2.32 bits per heavy atom. The molecule has 0 bridgehead atoms. The zero-order chi connectivity index (χ0) is 13.9. The van der Waals surface area contributed by atoms with Gasteiger partial charge in [0.1, 0.15) is 6.04 Å². The summed E-state index contributed by atoms with van der Waals surface area (Å²) in [5, 5.41) is 6.00. The van der Waals surface area contributed by atoms with E-state index in [0.29, 0.717) is 32.8 Å². The summed E-state index contributed by atoms with van der Waals surface area (Å²) in [7, 11) is 0. The number of nitrogens with one attached hydrogen (secondary N) is 2. The summed E-state index contributed by atoms with van der Waals surface area (Å²) >= 11 is 0. The number of ether oxygens (including phenoxy) is 1. The van der Waals surface area contributed by atoms with Gasteiger partial charge in [0.2, 0.25) is 11.8 Å². The highest BCUT2D eigenvalue weighted by molar-refractivity contribution is 5.90. The Morgan fingerprint density at radius 3 is 2.95 bits per heavy atom. The first-order chi connectivity index (χ1) is 9.08. The lowest BCUT2D eigenvalue weighted by Gasteiger charge is -2.38. The van der Waals surface area contributed by atoms with E-state index in [1.165, 1.54) is 0 Å². The van der Waals surface area contributed by atoms with Crippen LogP contribution in [0.25, 0.3) is 0 Å². The zero-order valence-corrected chi connectivity index (χ0v) is 11.7. The molecule has 6 nitrogen and oxygen atoms in total. The van der Waals surface area contributed by atoms with Crippen LogP contribution in [0.2, 0.25) is 0 Å². The fraction of sp³-hybridized carbons (Fsp3) is 0.846. The number of likely N-dealkylation sites (N-methyl/N-ethyl adjacent to an activating group) is 1. The van der Waals surface area contributed by atoms with Gasteiger partial charge in [-0.15, -0.1) is 0 Å². The van der Waals surface area contributed by atoms with Gasteiger partial charge in [-0.3, -0.25) is 9.59 Å². The third-order valence-corrected chi connectivity index (χ3v) is 3.93. The van der Waals surface area contributed by atoms with Gasteiger partial charge in [0.25, 0.3) is 0 Å². The van der Waals surface area contributed by atoms with Crippen molar-refractivity contribution in [1.29, 1.82) is 0 Å². The molecule has 2 fully saturated rings. The van der Waals surface area contributed by atoms with E-state index in [2.05, 4.69) is 10.6 Å². The lowest BCUT2D eigenvalue weighted by atomic mass is 9.87. The molecule has 0 spiro atoms. The molecule has 2 heterocycles. The minimum absolute atomic E-state index is 0.0667. The first kappa shape index (κ1) is 14.3. The summed E-state index contributed by atoms with van der Waals surface area (Å²) in [6.07, 6.45) is 0.825. The van der Waals surface area contributed by atoms with E-state index in [1.54, 1.807) is 4.90 Å². The molecule has 2 atom stereocenters. The molecule has 108 valence electrons. The van der Waals surface area contributed by atoms with Gasteiger partial charge in [-0.25, -0.2) is 0 Å². The number of hydrogen-bond donors (Lipinski definition) is 2. The fourth-order valence-corrected chi connectivity index (χ4v) is 2.70. The van der Waals surface area contributed by atoms with Crippen LogP contribution < -0.4 is 10.6 Å². The third-order valence-electron chi connectivity index (χ3n) is 3.93. The van der Waals surface area contributed by atoms with Crippen LogP contribution in [0, 0.1) is 5.41 Å². The van der Waals surface area contributed by atoms with E-state index in [0.717, 1.165) is 13.0 Å². The maximum absolute atomic E-state index is 12.7. The van der Waals surface area contributed by atoms with Crippen molar-refractivity contribution in [2.75, 3.05) is 39.4 Å². The van der Waals surface area contributed by atoms with E-state index >= 15 is 0 Å². The molecule has 2 aliphatic rings. The summed E-state index contributed by atoms with van der Waals surface area (Å²) in [6, 6.07) is -0.487. The number of carbonyl (C=O) groups excluding carboxylic acids is 2. The van der Waals surface area contributed by atoms with Crippen molar-refractivity contribution in [3.8, 4) is 0 Å². The molecule has 19 heavy (non-hydrogen) atoms. The maximum Gasteiger partial charge on any atom is 0.245 e. The van der Waals surface area contributed by atoms with Crippen molar-refractivity contribution in [2.45, 2.75) is 26.3 Å². The molecule has 0 aromatic rings. The molecule has 2 saturated heterocycles. The highest BCUT2D eigenvalue weighted by Gasteiger charge is 2.43. The summed E-state index contributed by atoms with van der Waals surface area (Å²) in [5.74, 6) is -0.0536. The lowest BCUT2D eigenvalue weighted by molar-refractivity contribution is -0.155. The van der Waals surface area contributed by atoms with Crippen molar-refractivity contribution in [1.82, 2.24) is 15.5 Å². The first-order valence-corrected chi connectivity index (χ1v) is 6.96. The molecule has 2 aliphatic heterocycles. The normalized spacial score (nSPS) is 31.3. The van der Waals surface area contributed by atoms with Gasteiger partial charge < -0.3 is 20.3 Å². The SMILES string of the molecule is CCNC(=O)C1COCCN1C(=O)C1(C)CCNC1. The summed E-state index contributed by atoms with van der Waals surface area (Å²) in [4.78, 5) is 26.4. The van der Waals surface area contributed by atoms with E-state index in [4.69, 9.17) is 4.74 Å². The second-order valence-electron chi connectivity index (χ2n) is 5.47. The van der Waals surface area contributed by atoms with Gasteiger partial charge in [0, 0.05) is 19.6 Å². The first-order valence-electron chi connectivity index (χ1n) is 6.96. The molecular formula is C13H23N3O3. The van der Waals surface area contributed by atoms with Crippen LogP contribution in [0.3, 0.4) is 0 Å².